The average molecular weight is 243 g/mol. The molecular formula is C11H17NO3S. The van der Waals surface area contributed by atoms with E-state index < -0.39 is 0 Å². The smallest absolute Gasteiger partial charge is 0.349 e. The van der Waals surface area contributed by atoms with Crippen LogP contribution in [0.5, 0.6) is 0 Å². The van der Waals surface area contributed by atoms with Crippen molar-refractivity contribution in [3.05, 3.63) is 16.1 Å². The zero-order chi connectivity index (χ0) is 12.4. The summed E-state index contributed by atoms with van der Waals surface area (Å²) < 4.78 is 4.81. The maximum absolute atomic E-state index is 11.2. The number of ether oxygens (including phenoxy) is 1. The van der Waals surface area contributed by atoms with Gasteiger partial charge in [-0.2, -0.15) is 0 Å². The van der Waals surface area contributed by atoms with E-state index in [0.29, 0.717) is 24.3 Å². The summed E-state index contributed by atoms with van der Waals surface area (Å²) in [5, 5.41) is 0.792. The molecular weight excluding hydrogens is 226 g/mol. The van der Waals surface area contributed by atoms with Gasteiger partial charge in [-0.05, 0) is 6.92 Å². The Balaban J connectivity index is 0.00000106. The molecule has 1 aromatic rings. The van der Waals surface area contributed by atoms with Crippen molar-refractivity contribution in [2.75, 3.05) is 6.61 Å². The number of esters is 1. The maximum atomic E-state index is 11.2. The van der Waals surface area contributed by atoms with E-state index in [2.05, 4.69) is 4.98 Å². The number of nitrogens with zero attached hydrogens (tertiary/aromatic N) is 1. The van der Waals surface area contributed by atoms with Gasteiger partial charge in [-0.25, -0.2) is 9.78 Å². The molecule has 0 fully saturated rings. The molecule has 0 aliphatic heterocycles. The van der Waals surface area contributed by atoms with Crippen molar-refractivity contribution in [1.82, 2.24) is 4.98 Å². The van der Waals surface area contributed by atoms with Crippen molar-refractivity contribution < 1.29 is 14.3 Å². The van der Waals surface area contributed by atoms with Gasteiger partial charge in [0.15, 0.2) is 0 Å². The highest BCUT2D eigenvalue weighted by Crippen LogP contribution is 2.15. The first-order valence-corrected chi connectivity index (χ1v) is 6.15. The fourth-order valence-corrected chi connectivity index (χ4v) is 1.73. The lowest BCUT2D eigenvalue weighted by atomic mass is 10.3. The zero-order valence-electron chi connectivity index (χ0n) is 9.86. The first kappa shape index (κ1) is 14.8. The van der Waals surface area contributed by atoms with Crippen LogP contribution in [0.4, 0.5) is 0 Å². The third-order valence-corrected chi connectivity index (χ3v) is 2.54. The third kappa shape index (κ3) is 5.02. The Hall–Kier alpha value is -1.23. The van der Waals surface area contributed by atoms with Gasteiger partial charge >= 0.3 is 5.97 Å². The third-order valence-electron chi connectivity index (χ3n) is 1.51. The predicted molar refractivity (Wildman–Crippen MR) is 63.8 cm³/mol. The molecule has 0 amide bonds. The summed E-state index contributed by atoms with van der Waals surface area (Å²) in [7, 11) is 0. The topological polar surface area (TPSA) is 56.3 Å². The highest BCUT2D eigenvalue weighted by Gasteiger charge is 2.10. The molecule has 0 aliphatic rings. The highest BCUT2D eigenvalue weighted by molar-refractivity contribution is 7.13. The number of rotatable bonds is 5. The summed E-state index contributed by atoms with van der Waals surface area (Å²) >= 11 is 1.28. The zero-order valence-corrected chi connectivity index (χ0v) is 10.7. The van der Waals surface area contributed by atoms with E-state index >= 15 is 0 Å². The molecule has 0 atom stereocenters. The Bertz CT molecular complexity index is 323. The molecule has 5 heteroatoms. The minimum absolute atomic E-state index is 0.345. The summed E-state index contributed by atoms with van der Waals surface area (Å²) in [5.41, 5.74) is 0. The fraction of sp³-hybridized carbons (Fsp3) is 0.545. The van der Waals surface area contributed by atoms with Crippen molar-refractivity contribution in [2.45, 2.75) is 33.6 Å². The quantitative estimate of drug-likeness (QED) is 0.589. The molecule has 4 nitrogen and oxygen atoms in total. The lowest BCUT2D eigenvalue weighted by Gasteiger charge is -1.95. The molecule has 0 bridgehead atoms. The van der Waals surface area contributed by atoms with E-state index in [9.17, 15) is 9.59 Å². The van der Waals surface area contributed by atoms with Crippen LogP contribution < -0.4 is 0 Å². The van der Waals surface area contributed by atoms with Gasteiger partial charge in [0.1, 0.15) is 11.2 Å². The number of hydrogen-bond acceptors (Lipinski definition) is 5. The van der Waals surface area contributed by atoms with E-state index in [1.54, 1.807) is 6.92 Å². The Morgan fingerprint density at radius 2 is 2.25 bits per heavy atom. The standard InChI is InChI=1S/C9H11NO3S.C2H6/c1-2-13-9(12)7-6-10-8(14-7)4-3-5-11;1-2/h5-6H,2-4H2,1H3;1-2H3. The van der Waals surface area contributed by atoms with Gasteiger partial charge in [0.05, 0.1) is 17.8 Å². The van der Waals surface area contributed by atoms with Gasteiger partial charge in [0, 0.05) is 12.8 Å². The monoisotopic (exact) mass is 243 g/mol. The summed E-state index contributed by atoms with van der Waals surface area (Å²) in [4.78, 5) is 25.8. The summed E-state index contributed by atoms with van der Waals surface area (Å²) in [5.74, 6) is -0.345. The van der Waals surface area contributed by atoms with Crippen LogP contribution >= 0.6 is 11.3 Å². The normalized spacial score (nSPS) is 8.94. The largest absolute Gasteiger partial charge is 0.462 e. The molecule has 0 aliphatic carbocycles. The van der Waals surface area contributed by atoms with Crippen LogP contribution in [0.3, 0.4) is 0 Å². The molecule has 0 radical (unpaired) electrons. The van der Waals surface area contributed by atoms with Gasteiger partial charge in [-0.3, -0.25) is 0 Å². The second-order valence-electron chi connectivity index (χ2n) is 2.54. The predicted octanol–water partition coefficient (Wildman–Crippen LogP) is 2.48. The van der Waals surface area contributed by atoms with Crippen LogP contribution in [0.2, 0.25) is 0 Å². The number of aromatic nitrogens is 1. The Morgan fingerprint density at radius 1 is 1.56 bits per heavy atom. The second-order valence-corrected chi connectivity index (χ2v) is 3.66. The minimum atomic E-state index is -0.345. The number of hydrogen-bond donors (Lipinski definition) is 0. The summed E-state index contributed by atoms with van der Waals surface area (Å²) in [6.45, 7) is 6.12. The van der Waals surface area contributed by atoms with Crippen molar-refractivity contribution in [2.24, 2.45) is 0 Å². The molecule has 0 N–H and O–H groups in total. The van der Waals surface area contributed by atoms with Crippen LogP contribution in [0.25, 0.3) is 0 Å². The molecule has 0 saturated heterocycles. The van der Waals surface area contributed by atoms with Crippen molar-refractivity contribution in [3.63, 3.8) is 0 Å². The molecule has 1 aromatic heterocycles. The van der Waals surface area contributed by atoms with E-state index in [0.717, 1.165) is 11.3 Å². The van der Waals surface area contributed by atoms with Crippen LogP contribution in [0.15, 0.2) is 6.20 Å². The SMILES string of the molecule is CC.CCOC(=O)c1cnc(CCC=O)s1. The van der Waals surface area contributed by atoms with Gasteiger partial charge in [-0.15, -0.1) is 11.3 Å². The lowest BCUT2D eigenvalue weighted by molar-refractivity contribution is -0.107. The Kier molecular flexibility index (Phi) is 8.34. The second kappa shape index (κ2) is 9.03. The Labute approximate surface area is 99.7 Å². The van der Waals surface area contributed by atoms with Crippen LogP contribution in [-0.4, -0.2) is 23.8 Å². The van der Waals surface area contributed by atoms with Gasteiger partial charge in [-0.1, -0.05) is 13.8 Å². The van der Waals surface area contributed by atoms with Crippen molar-refractivity contribution in [1.29, 1.82) is 0 Å². The molecule has 0 saturated carbocycles. The summed E-state index contributed by atoms with van der Waals surface area (Å²) in [6, 6.07) is 0. The number of carbonyl (C=O) groups is 2. The minimum Gasteiger partial charge on any atom is -0.462 e. The average Bonchev–Trinajstić information content (AvgIpc) is 2.78. The lowest BCUT2D eigenvalue weighted by Crippen LogP contribution is -2.01. The van der Waals surface area contributed by atoms with E-state index in [4.69, 9.17) is 4.74 Å². The van der Waals surface area contributed by atoms with E-state index in [1.807, 2.05) is 13.8 Å². The number of carbonyl (C=O) groups excluding carboxylic acids is 2. The van der Waals surface area contributed by atoms with Gasteiger partial charge in [0.25, 0.3) is 0 Å². The fourth-order valence-electron chi connectivity index (χ4n) is 0.905. The maximum Gasteiger partial charge on any atom is 0.349 e. The number of thiazole rings is 1. The number of aldehydes is 1. The van der Waals surface area contributed by atoms with Crippen molar-refractivity contribution >= 4 is 23.6 Å². The molecule has 1 heterocycles. The highest BCUT2D eigenvalue weighted by atomic mass is 32.1. The molecule has 16 heavy (non-hydrogen) atoms. The van der Waals surface area contributed by atoms with Crippen LogP contribution in [-0.2, 0) is 16.0 Å². The first-order chi connectivity index (χ1) is 7.77. The van der Waals surface area contributed by atoms with Gasteiger partial charge < -0.3 is 9.53 Å². The summed E-state index contributed by atoms with van der Waals surface area (Å²) in [6.07, 6.45) is 3.36. The number of aryl methyl sites for hydroxylation is 1. The Morgan fingerprint density at radius 3 is 2.81 bits per heavy atom. The van der Waals surface area contributed by atoms with Gasteiger partial charge in [0.2, 0.25) is 0 Å². The van der Waals surface area contributed by atoms with E-state index in [-0.39, 0.29) is 5.97 Å². The van der Waals surface area contributed by atoms with Crippen LogP contribution in [0.1, 0.15) is 41.9 Å². The molecule has 1 rings (SSSR count). The molecule has 90 valence electrons. The molecule has 0 unspecified atom stereocenters. The van der Waals surface area contributed by atoms with Crippen molar-refractivity contribution in [3.8, 4) is 0 Å². The molecule has 0 spiro atoms. The van der Waals surface area contributed by atoms with E-state index in [1.165, 1.54) is 17.5 Å². The first-order valence-electron chi connectivity index (χ1n) is 5.33. The van der Waals surface area contributed by atoms with Crippen LogP contribution in [0, 0.1) is 0 Å². The molecule has 0 aromatic carbocycles.